The van der Waals surface area contributed by atoms with Gasteiger partial charge in [-0.15, -0.1) is 5.10 Å². The van der Waals surface area contributed by atoms with Gasteiger partial charge in [-0.05, 0) is 12.8 Å². The van der Waals surface area contributed by atoms with Crippen LogP contribution in [0.15, 0.2) is 36.2 Å². The molecule has 1 aromatic rings. The Balaban J connectivity index is 1.97. The van der Waals surface area contributed by atoms with Crippen LogP contribution in [0.4, 0.5) is 0 Å². The van der Waals surface area contributed by atoms with E-state index in [2.05, 4.69) is 15.2 Å². The summed E-state index contributed by atoms with van der Waals surface area (Å²) in [5.74, 6) is -0.211. The number of carbonyl (C=O) groups is 1. The molecule has 0 aliphatic heterocycles. The Morgan fingerprint density at radius 3 is 2.94 bits per heavy atom. The minimum absolute atomic E-state index is 0.100. The first-order valence-corrected chi connectivity index (χ1v) is 5.66. The number of carboxylic acid groups (broad SMARTS) is 1. The first-order chi connectivity index (χ1) is 8.66. The number of aliphatic carboxylic acids is 1. The molecule has 3 N–H and O–H groups in total. The molecule has 0 bridgehead atoms. The van der Waals surface area contributed by atoms with Crippen LogP contribution in [0.1, 0.15) is 24.6 Å². The van der Waals surface area contributed by atoms with Gasteiger partial charge in [-0.2, -0.15) is 5.10 Å². The summed E-state index contributed by atoms with van der Waals surface area (Å²) < 4.78 is 0. The number of rotatable bonds is 4. The number of hydrogen-bond acceptors (Lipinski definition) is 5. The summed E-state index contributed by atoms with van der Waals surface area (Å²) in [7, 11) is 0. The molecule has 0 saturated heterocycles. The predicted octanol–water partition coefficient (Wildman–Crippen LogP) is 0.643. The maximum Gasteiger partial charge on any atom is 0.320 e. The summed E-state index contributed by atoms with van der Waals surface area (Å²) in [5, 5.41) is 16.5. The molecule has 1 unspecified atom stereocenters. The van der Waals surface area contributed by atoms with Crippen LogP contribution in [0, 0.1) is 0 Å². The maximum absolute atomic E-state index is 10.7. The van der Waals surface area contributed by atoms with Crippen LogP contribution in [0.2, 0.25) is 0 Å². The third-order valence-corrected chi connectivity index (χ3v) is 2.78. The molecular weight excluding hydrogens is 232 g/mol. The molecule has 0 radical (unpaired) electrons. The van der Waals surface area contributed by atoms with Gasteiger partial charge in [0.15, 0.2) is 5.82 Å². The van der Waals surface area contributed by atoms with Crippen molar-refractivity contribution in [3.8, 4) is 0 Å². The molecule has 1 aromatic heterocycles. The van der Waals surface area contributed by atoms with E-state index in [1.54, 1.807) is 6.20 Å². The van der Waals surface area contributed by atoms with Gasteiger partial charge < -0.3 is 10.8 Å². The van der Waals surface area contributed by atoms with Gasteiger partial charge in [-0.25, -0.2) is 4.98 Å². The lowest BCUT2D eigenvalue weighted by Crippen LogP contribution is -2.30. The summed E-state index contributed by atoms with van der Waals surface area (Å²) in [4.78, 5) is 14.8. The number of aromatic nitrogens is 3. The molecule has 6 heteroatoms. The van der Waals surface area contributed by atoms with Crippen LogP contribution in [0.25, 0.3) is 0 Å². The molecule has 1 aliphatic carbocycles. The lowest BCUT2D eigenvalue weighted by molar-refractivity contribution is -0.138. The van der Waals surface area contributed by atoms with E-state index in [1.807, 2.05) is 18.2 Å². The average molecular weight is 246 g/mol. The van der Waals surface area contributed by atoms with Gasteiger partial charge in [-0.3, -0.25) is 4.79 Å². The van der Waals surface area contributed by atoms with Crippen molar-refractivity contribution < 1.29 is 9.90 Å². The normalized spacial score (nSPS) is 20.3. The smallest absolute Gasteiger partial charge is 0.320 e. The van der Waals surface area contributed by atoms with Gasteiger partial charge in [0, 0.05) is 12.1 Å². The highest BCUT2D eigenvalue weighted by Gasteiger charge is 2.17. The van der Waals surface area contributed by atoms with Gasteiger partial charge in [-0.1, -0.05) is 23.8 Å². The Bertz CT molecular complexity index is 484. The standard InChI is InChI=1S/C12H14N4O2/c13-10(12(17)18)7-8-1-3-9(4-2-8)11-14-5-6-15-16-11/h1-3,5-6,9-10H,4,7,13H2,(H,17,18)/t9?,10-/m0/s1. The molecule has 0 amide bonds. The van der Waals surface area contributed by atoms with E-state index in [9.17, 15) is 4.79 Å². The third kappa shape index (κ3) is 2.98. The van der Waals surface area contributed by atoms with E-state index in [4.69, 9.17) is 10.8 Å². The Hall–Kier alpha value is -2.08. The van der Waals surface area contributed by atoms with Crippen molar-refractivity contribution in [2.75, 3.05) is 0 Å². The summed E-state index contributed by atoms with van der Waals surface area (Å²) >= 11 is 0. The van der Waals surface area contributed by atoms with Gasteiger partial charge in [0.05, 0.1) is 6.20 Å². The van der Waals surface area contributed by atoms with Crippen molar-refractivity contribution in [1.82, 2.24) is 15.2 Å². The molecule has 2 rings (SSSR count). The first-order valence-electron chi connectivity index (χ1n) is 5.66. The van der Waals surface area contributed by atoms with E-state index in [0.717, 1.165) is 12.0 Å². The van der Waals surface area contributed by atoms with Crippen molar-refractivity contribution in [1.29, 1.82) is 0 Å². The topological polar surface area (TPSA) is 102 Å². The van der Waals surface area contributed by atoms with Crippen molar-refractivity contribution in [3.63, 3.8) is 0 Å². The molecule has 1 aliphatic rings. The Morgan fingerprint density at radius 1 is 1.56 bits per heavy atom. The number of nitrogens with zero attached hydrogens (tertiary/aromatic N) is 3. The zero-order valence-corrected chi connectivity index (χ0v) is 9.73. The van der Waals surface area contributed by atoms with E-state index in [-0.39, 0.29) is 5.92 Å². The van der Waals surface area contributed by atoms with Crippen LogP contribution in [-0.2, 0) is 4.79 Å². The molecule has 2 atom stereocenters. The molecular formula is C12H14N4O2. The largest absolute Gasteiger partial charge is 0.480 e. The zero-order valence-electron chi connectivity index (χ0n) is 9.73. The van der Waals surface area contributed by atoms with Gasteiger partial charge in [0.1, 0.15) is 6.04 Å². The zero-order chi connectivity index (χ0) is 13.0. The predicted molar refractivity (Wildman–Crippen MR) is 64.6 cm³/mol. The van der Waals surface area contributed by atoms with E-state index >= 15 is 0 Å². The highest BCUT2D eigenvalue weighted by atomic mass is 16.4. The second kappa shape index (κ2) is 5.50. The van der Waals surface area contributed by atoms with Crippen molar-refractivity contribution in [3.05, 3.63) is 42.0 Å². The Labute approximate surface area is 104 Å². The molecule has 94 valence electrons. The maximum atomic E-state index is 10.7. The van der Waals surface area contributed by atoms with Gasteiger partial charge >= 0.3 is 5.97 Å². The Kier molecular flexibility index (Phi) is 3.78. The van der Waals surface area contributed by atoms with Crippen molar-refractivity contribution in [2.24, 2.45) is 5.73 Å². The lowest BCUT2D eigenvalue weighted by atomic mass is 9.93. The molecule has 1 heterocycles. The number of hydrogen-bond donors (Lipinski definition) is 2. The monoisotopic (exact) mass is 246 g/mol. The fraction of sp³-hybridized carbons (Fsp3) is 0.333. The van der Waals surface area contributed by atoms with E-state index < -0.39 is 12.0 Å². The van der Waals surface area contributed by atoms with Crippen LogP contribution in [0.3, 0.4) is 0 Å². The van der Waals surface area contributed by atoms with Crippen LogP contribution in [0.5, 0.6) is 0 Å². The first kappa shape index (κ1) is 12.4. The number of allylic oxidation sites excluding steroid dienone is 3. The second-order valence-electron chi connectivity index (χ2n) is 4.13. The fourth-order valence-corrected chi connectivity index (χ4v) is 1.78. The summed E-state index contributed by atoms with van der Waals surface area (Å²) in [6, 6.07) is -0.855. The lowest BCUT2D eigenvalue weighted by Gasteiger charge is -2.15. The average Bonchev–Trinajstić information content (AvgIpc) is 2.40. The van der Waals surface area contributed by atoms with E-state index in [0.29, 0.717) is 12.2 Å². The Morgan fingerprint density at radius 2 is 2.39 bits per heavy atom. The van der Waals surface area contributed by atoms with Crippen molar-refractivity contribution in [2.45, 2.75) is 24.8 Å². The summed E-state index contributed by atoms with van der Waals surface area (Å²) in [6.45, 7) is 0. The molecule has 0 spiro atoms. The van der Waals surface area contributed by atoms with Crippen LogP contribution in [-0.4, -0.2) is 32.3 Å². The molecule has 0 fully saturated rings. The quantitative estimate of drug-likeness (QED) is 0.808. The third-order valence-electron chi connectivity index (χ3n) is 2.78. The molecule has 0 saturated carbocycles. The van der Waals surface area contributed by atoms with Crippen LogP contribution < -0.4 is 5.73 Å². The minimum Gasteiger partial charge on any atom is -0.480 e. The van der Waals surface area contributed by atoms with Gasteiger partial charge in [0.25, 0.3) is 0 Å². The summed E-state index contributed by atoms with van der Waals surface area (Å²) in [5.41, 5.74) is 6.42. The highest BCUT2D eigenvalue weighted by molar-refractivity contribution is 5.73. The number of carboxylic acids is 1. The molecule has 0 aromatic carbocycles. The van der Waals surface area contributed by atoms with E-state index in [1.165, 1.54) is 6.20 Å². The minimum atomic E-state index is -0.984. The van der Waals surface area contributed by atoms with Crippen LogP contribution >= 0.6 is 0 Å². The summed E-state index contributed by atoms with van der Waals surface area (Å²) in [6.07, 6.45) is 10.0. The molecule has 18 heavy (non-hydrogen) atoms. The highest BCUT2D eigenvalue weighted by Crippen LogP contribution is 2.25. The molecule has 6 nitrogen and oxygen atoms in total. The SMILES string of the molecule is N[C@@H](CC1=CCC(c2nccnn2)C=C1)C(=O)O. The van der Waals surface area contributed by atoms with Gasteiger partial charge in [0.2, 0.25) is 0 Å². The second-order valence-corrected chi connectivity index (χ2v) is 4.13. The number of nitrogens with two attached hydrogens (primary N) is 1. The van der Waals surface area contributed by atoms with Crippen molar-refractivity contribution >= 4 is 5.97 Å². The fourth-order valence-electron chi connectivity index (χ4n) is 1.78.